The molecular weight excluding hydrogens is 306 g/mol. The third kappa shape index (κ3) is 4.46. The van der Waals surface area contributed by atoms with Crippen LogP contribution in [-0.4, -0.2) is 28.4 Å². The highest BCUT2D eigenvalue weighted by atomic mass is 16.5. The third-order valence-corrected chi connectivity index (χ3v) is 4.12. The molecule has 0 bridgehead atoms. The molecule has 1 aromatic rings. The molecule has 0 saturated heterocycles. The maximum atomic E-state index is 12.5. The Morgan fingerprint density at radius 2 is 2.17 bits per heavy atom. The van der Waals surface area contributed by atoms with Crippen LogP contribution >= 0.6 is 0 Å². The number of aliphatic hydroxyl groups is 1. The Hall–Kier alpha value is -2.58. The highest BCUT2D eigenvalue weighted by Crippen LogP contribution is 2.25. The lowest BCUT2D eigenvalue weighted by Crippen LogP contribution is -2.27. The predicted molar refractivity (Wildman–Crippen MR) is 89.3 cm³/mol. The summed E-state index contributed by atoms with van der Waals surface area (Å²) in [6.45, 7) is 1.92. The van der Waals surface area contributed by atoms with E-state index in [0.717, 1.165) is 0 Å². The van der Waals surface area contributed by atoms with E-state index in [9.17, 15) is 15.0 Å². The number of esters is 1. The van der Waals surface area contributed by atoms with Crippen LogP contribution in [0.5, 0.6) is 5.75 Å². The van der Waals surface area contributed by atoms with E-state index in [2.05, 4.69) is 0 Å². The average molecular weight is 327 g/mol. The topological polar surface area (TPSA) is 90.5 Å². The van der Waals surface area contributed by atoms with Crippen LogP contribution in [0.3, 0.4) is 0 Å². The summed E-state index contributed by atoms with van der Waals surface area (Å²) in [4.78, 5) is 12.5. The molecule has 1 heterocycles. The van der Waals surface area contributed by atoms with Gasteiger partial charge in [-0.05, 0) is 36.5 Å². The number of fused-ring (bicyclic) bond motifs is 1. The Bertz CT molecular complexity index is 687. The average Bonchev–Trinajstić information content (AvgIpc) is 2.55. The van der Waals surface area contributed by atoms with Crippen molar-refractivity contribution >= 4 is 5.97 Å². The number of aromatic hydroxyl groups is 1. The molecule has 1 aliphatic rings. The van der Waals surface area contributed by atoms with Gasteiger partial charge in [0, 0.05) is 12.5 Å². The lowest BCUT2D eigenvalue weighted by molar-refractivity contribution is 0.0191. The molecule has 5 heteroatoms. The Morgan fingerprint density at radius 3 is 2.92 bits per heavy atom. The summed E-state index contributed by atoms with van der Waals surface area (Å²) < 4.78 is 5.43. The Labute approximate surface area is 141 Å². The highest BCUT2D eigenvalue weighted by molar-refractivity contribution is 5.94. The van der Waals surface area contributed by atoms with Gasteiger partial charge in [-0.25, -0.2) is 4.79 Å². The second-order valence-electron chi connectivity index (χ2n) is 5.93. The fourth-order valence-corrected chi connectivity index (χ4v) is 2.65. The minimum absolute atomic E-state index is 0.000936. The molecule has 0 saturated carbocycles. The number of aliphatic hydroxyl groups excluding tert-OH is 1. The van der Waals surface area contributed by atoms with Crippen LogP contribution in [0.25, 0.3) is 0 Å². The lowest BCUT2D eigenvalue weighted by Gasteiger charge is -2.23. The minimum atomic E-state index is -0.731. The van der Waals surface area contributed by atoms with Crippen molar-refractivity contribution < 1.29 is 19.7 Å². The van der Waals surface area contributed by atoms with Crippen LogP contribution in [0.4, 0.5) is 0 Å². The number of hydrogen-bond acceptors (Lipinski definition) is 5. The van der Waals surface area contributed by atoms with Gasteiger partial charge in [-0.15, -0.1) is 0 Å². The first-order valence-electron chi connectivity index (χ1n) is 7.94. The zero-order valence-corrected chi connectivity index (χ0v) is 13.6. The van der Waals surface area contributed by atoms with Gasteiger partial charge in [0.25, 0.3) is 0 Å². The van der Waals surface area contributed by atoms with Crippen LogP contribution in [0.15, 0.2) is 42.5 Å². The number of nitrogens with zero attached hydrogens (tertiary/aromatic N) is 1. The summed E-state index contributed by atoms with van der Waals surface area (Å²) in [5.41, 5.74) is 0.800. The summed E-state index contributed by atoms with van der Waals surface area (Å²) in [6.07, 6.45) is 6.55. The number of phenolic OH excluding ortho intramolecular Hbond substituents is 1. The molecule has 1 aromatic carbocycles. The number of benzene rings is 1. The molecule has 3 atom stereocenters. The van der Waals surface area contributed by atoms with E-state index >= 15 is 0 Å². The fraction of sp³-hybridized carbons (Fsp3) is 0.368. The number of hydrogen-bond donors (Lipinski definition) is 2. The van der Waals surface area contributed by atoms with Crippen molar-refractivity contribution in [1.29, 1.82) is 5.26 Å². The van der Waals surface area contributed by atoms with E-state index in [-0.39, 0.29) is 23.7 Å². The summed E-state index contributed by atoms with van der Waals surface area (Å²) in [5.74, 6) is -0.801. The molecule has 5 nitrogen and oxygen atoms in total. The second kappa shape index (κ2) is 8.32. The number of ether oxygens (including phenoxy) is 1. The van der Waals surface area contributed by atoms with Gasteiger partial charge in [0.05, 0.1) is 12.2 Å². The summed E-state index contributed by atoms with van der Waals surface area (Å²) in [7, 11) is 0. The van der Waals surface area contributed by atoms with Crippen molar-refractivity contribution in [2.75, 3.05) is 0 Å². The normalized spacial score (nSPS) is 26.5. The van der Waals surface area contributed by atoms with Crippen molar-refractivity contribution in [2.24, 2.45) is 5.92 Å². The van der Waals surface area contributed by atoms with E-state index in [1.165, 1.54) is 18.2 Å². The molecule has 126 valence electrons. The van der Waals surface area contributed by atoms with Crippen molar-refractivity contribution in [3.63, 3.8) is 0 Å². The van der Waals surface area contributed by atoms with Gasteiger partial charge in [0.15, 0.2) is 0 Å². The number of cyclic esters (lactones) is 1. The quantitative estimate of drug-likeness (QED) is 0.470. The number of nitriles is 1. The molecule has 2 rings (SSSR count). The number of carbonyl (C=O) groups excluding carboxylic acids is 1. The Morgan fingerprint density at radius 1 is 1.38 bits per heavy atom. The van der Waals surface area contributed by atoms with Gasteiger partial charge >= 0.3 is 5.97 Å². The van der Waals surface area contributed by atoms with E-state index < -0.39 is 18.2 Å². The molecule has 0 unspecified atom stereocenters. The van der Waals surface area contributed by atoms with Gasteiger partial charge in [0.1, 0.15) is 17.4 Å². The summed E-state index contributed by atoms with van der Waals surface area (Å²) >= 11 is 0. The molecule has 1 aliphatic heterocycles. The van der Waals surface area contributed by atoms with Gasteiger partial charge in [-0.1, -0.05) is 31.2 Å². The number of allylic oxidation sites excluding steroid dienone is 3. The van der Waals surface area contributed by atoms with Crippen molar-refractivity contribution in [3.05, 3.63) is 53.6 Å². The molecule has 24 heavy (non-hydrogen) atoms. The van der Waals surface area contributed by atoms with Crippen LogP contribution in [0.1, 0.15) is 35.7 Å². The minimum Gasteiger partial charge on any atom is -0.507 e. The number of phenols is 1. The van der Waals surface area contributed by atoms with Crippen molar-refractivity contribution in [3.8, 4) is 11.8 Å². The van der Waals surface area contributed by atoms with Crippen molar-refractivity contribution in [1.82, 2.24) is 0 Å². The van der Waals surface area contributed by atoms with Gasteiger partial charge < -0.3 is 14.9 Å². The first-order valence-corrected chi connectivity index (χ1v) is 7.94. The monoisotopic (exact) mass is 327 g/mol. The largest absolute Gasteiger partial charge is 0.507 e. The second-order valence-corrected chi connectivity index (χ2v) is 5.93. The van der Waals surface area contributed by atoms with Crippen LogP contribution in [-0.2, 0) is 11.2 Å². The highest BCUT2D eigenvalue weighted by Gasteiger charge is 2.24. The molecule has 0 aromatic heterocycles. The standard InChI is InChI=1S/C19H21NO4/c1-13-6-2-3-7-14-8-4-10-16(21)18(14)19(23)24-15(9-5-11-20)12-17(13)22/h2-5,8-10,13,15,17,21-22H,6-7,12H2,1H3/b3-2-,9-5-/t13-,15-,17+/m1/s1. The van der Waals surface area contributed by atoms with E-state index in [1.807, 2.05) is 25.1 Å². The maximum absolute atomic E-state index is 12.5. The van der Waals surface area contributed by atoms with E-state index in [4.69, 9.17) is 10.00 Å². The molecular formula is C19H21NO4. The van der Waals surface area contributed by atoms with Gasteiger partial charge in [-0.2, -0.15) is 5.26 Å². The number of carbonyl (C=O) groups is 1. The van der Waals surface area contributed by atoms with Crippen LogP contribution in [0.2, 0.25) is 0 Å². The maximum Gasteiger partial charge on any atom is 0.342 e. The zero-order chi connectivity index (χ0) is 17.5. The third-order valence-electron chi connectivity index (χ3n) is 4.12. The summed E-state index contributed by atoms with van der Waals surface area (Å²) in [5, 5.41) is 29.0. The molecule has 0 fully saturated rings. The Balaban J connectivity index is 2.39. The smallest absolute Gasteiger partial charge is 0.342 e. The molecule has 0 spiro atoms. The van der Waals surface area contributed by atoms with Crippen LogP contribution in [0, 0.1) is 17.2 Å². The predicted octanol–water partition coefficient (Wildman–Crippen LogP) is 2.89. The molecule has 0 amide bonds. The Kier molecular flexibility index (Phi) is 6.16. The molecule has 0 aliphatic carbocycles. The lowest BCUT2D eigenvalue weighted by atomic mass is 9.94. The molecule has 0 radical (unpaired) electrons. The number of rotatable bonds is 1. The SMILES string of the molecule is C[C@@H]1C/C=C\Cc2cccc(O)c2C(=O)O[C@H](/C=C\C#N)C[C@@H]1O. The zero-order valence-electron chi connectivity index (χ0n) is 13.6. The fourth-order valence-electron chi connectivity index (χ4n) is 2.65. The first kappa shape index (κ1) is 17.8. The van der Waals surface area contributed by atoms with Gasteiger partial charge in [0.2, 0.25) is 0 Å². The van der Waals surface area contributed by atoms with Crippen molar-refractivity contribution in [2.45, 2.75) is 38.4 Å². The molecule has 2 N–H and O–H groups in total. The van der Waals surface area contributed by atoms with E-state index in [0.29, 0.717) is 18.4 Å². The van der Waals surface area contributed by atoms with Gasteiger partial charge in [-0.3, -0.25) is 0 Å². The summed E-state index contributed by atoms with van der Waals surface area (Å²) in [6, 6.07) is 6.75. The first-order chi connectivity index (χ1) is 11.5. The van der Waals surface area contributed by atoms with E-state index in [1.54, 1.807) is 12.1 Å². The van der Waals surface area contributed by atoms with Crippen LogP contribution < -0.4 is 0 Å².